The van der Waals surface area contributed by atoms with E-state index >= 15 is 0 Å². The van der Waals surface area contributed by atoms with Gasteiger partial charge in [-0.05, 0) is 130 Å². The Morgan fingerprint density at radius 2 is 1.41 bits per heavy atom. The van der Waals surface area contributed by atoms with Crippen LogP contribution in [0.25, 0.3) is 0 Å². The number of hydrogen-bond acceptors (Lipinski definition) is 6. The molecule has 12 heteroatoms. The second kappa shape index (κ2) is 21.3. The summed E-state index contributed by atoms with van der Waals surface area (Å²) in [4.78, 5) is 21.7. The summed E-state index contributed by atoms with van der Waals surface area (Å²) in [6.45, 7) is 12.7. The van der Waals surface area contributed by atoms with Gasteiger partial charge in [-0.2, -0.15) is 0 Å². The van der Waals surface area contributed by atoms with Crippen LogP contribution in [0, 0.1) is 29.4 Å². The van der Waals surface area contributed by atoms with E-state index in [0.717, 1.165) is 60.9 Å². The van der Waals surface area contributed by atoms with Crippen molar-refractivity contribution in [3.8, 4) is 0 Å². The van der Waals surface area contributed by atoms with Crippen molar-refractivity contribution in [2.45, 2.75) is 122 Å². The summed E-state index contributed by atoms with van der Waals surface area (Å²) in [5.74, 6) is -1.41. The zero-order valence-electron chi connectivity index (χ0n) is 29.6. The zero-order valence-corrected chi connectivity index (χ0v) is 37.4. The van der Waals surface area contributed by atoms with Crippen LogP contribution in [0.2, 0.25) is 0 Å². The van der Waals surface area contributed by atoms with Gasteiger partial charge in [-0.1, -0.05) is 64.8 Å². The van der Waals surface area contributed by atoms with Crippen molar-refractivity contribution in [1.29, 1.82) is 0 Å². The van der Waals surface area contributed by atoms with Crippen LogP contribution in [-0.2, 0) is 44.9 Å². The first-order valence-electron chi connectivity index (χ1n) is 17.2. The monoisotopic (exact) mass is 956 g/mol. The van der Waals surface area contributed by atoms with Crippen molar-refractivity contribution >= 4 is 57.4 Å². The van der Waals surface area contributed by atoms with Gasteiger partial charge in [0.1, 0.15) is 22.1 Å². The van der Waals surface area contributed by atoms with Gasteiger partial charge in [0.2, 0.25) is 0 Å². The van der Waals surface area contributed by atoms with Gasteiger partial charge in [-0.3, -0.25) is 16.5 Å². The molecule has 0 bridgehead atoms. The maximum atomic E-state index is 13.8. The number of unbranched alkanes of at least 4 members (excludes halogenated alkanes) is 1. The van der Waals surface area contributed by atoms with E-state index < -0.39 is 22.4 Å². The van der Waals surface area contributed by atoms with E-state index in [4.69, 9.17) is 14.2 Å². The fourth-order valence-electron chi connectivity index (χ4n) is 6.00. The summed E-state index contributed by atoms with van der Waals surface area (Å²) < 4.78 is 49.5. The molecule has 0 aromatic heterocycles. The van der Waals surface area contributed by atoms with Gasteiger partial charge in [0.25, 0.3) is 0 Å². The number of esters is 2. The summed E-state index contributed by atoms with van der Waals surface area (Å²) in [6.07, 6.45) is 11.5. The third-order valence-corrected chi connectivity index (χ3v) is 10.9. The Labute approximate surface area is 337 Å². The number of halogens is 5. The van der Waals surface area contributed by atoms with Gasteiger partial charge in [-0.15, -0.1) is 0 Å². The molecular formula is C39H53Br3F2O6Zn. The second-order valence-electron chi connectivity index (χ2n) is 14.6. The molecule has 4 aliphatic rings. The summed E-state index contributed by atoms with van der Waals surface area (Å²) in [5, 5.41) is 0. The van der Waals surface area contributed by atoms with Crippen LogP contribution in [0.4, 0.5) is 8.78 Å². The van der Waals surface area contributed by atoms with Gasteiger partial charge in [0.05, 0.1) is 32.0 Å². The van der Waals surface area contributed by atoms with Gasteiger partial charge in [0.15, 0.2) is 5.97 Å². The number of carbonyl (C=O) groups is 2. The number of alkyl halides is 1. The molecule has 2 aromatic carbocycles. The molecule has 2 aromatic rings. The minimum absolute atomic E-state index is 0. The predicted octanol–water partition coefficient (Wildman–Crippen LogP) is 12.1. The number of benzene rings is 2. The molecule has 6 nitrogen and oxygen atoms in total. The summed E-state index contributed by atoms with van der Waals surface area (Å²) in [7, 11) is 0. The Kier molecular flexibility index (Phi) is 19.3. The first-order chi connectivity index (χ1) is 23.6. The molecule has 6 rings (SSSR count). The van der Waals surface area contributed by atoms with Crippen molar-refractivity contribution in [2.75, 3.05) is 19.8 Å². The summed E-state index contributed by atoms with van der Waals surface area (Å²) in [5.41, 5.74) is 2.88. The molecule has 0 N–H and O–H groups in total. The molecule has 4 fully saturated rings. The van der Waals surface area contributed by atoms with Crippen LogP contribution in [-0.4, -0.2) is 37.4 Å². The number of ether oxygens (including phenoxy) is 4. The third-order valence-electron chi connectivity index (χ3n) is 9.32. The first-order valence-corrected chi connectivity index (χ1v) is 25.9. The van der Waals surface area contributed by atoms with Crippen molar-refractivity contribution in [2.24, 2.45) is 10.8 Å². The van der Waals surface area contributed by atoms with Crippen molar-refractivity contribution in [3.63, 3.8) is 0 Å². The Hall–Kier alpha value is -0.907. The van der Waals surface area contributed by atoms with Crippen LogP contribution in [0.5, 0.6) is 0 Å². The van der Waals surface area contributed by atoms with Crippen LogP contribution in [0.3, 0.4) is 0 Å². The molecule has 0 radical (unpaired) electrons. The maximum absolute atomic E-state index is 13.8. The van der Waals surface area contributed by atoms with E-state index in [1.807, 2.05) is 33.8 Å². The summed E-state index contributed by atoms with van der Waals surface area (Å²) in [6, 6.07) is 9.42. The average Bonchev–Trinajstić information content (AvgIpc) is 4.01. The van der Waals surface area contributed by atoms with Crippen LogP contribution in [0.15, 0.2) is 40.9 Å². The molecule has 3 unspecified atom stereocenters. The fraction of sp³-hybridized carbons (Fsp3) is 0.615. The number of carbonyl (C=O) groups excluding carboxylic acids is 2. The van der Waals surface area contributed by atoms with Gasteiger partial charge in [0, 0.05) is 4.47 Å². The number of rotatable bonds is 7. The fourth-order valence-corrected chi connectivity index (χ4v) is 7.10. The molecule has 2 heterocycles. The molecule has 2 aliphatic carbocycles. The quantitative estimate of drug-likeness (QED) is 0.0905. The molecule has 2 spiro atoms. The third kappa shape index (κ3) is 15.0. The van der Waals surface area contributed by atoms with E-state index in [0.29, 0.717) is 23.0 Å². The molecule has 3 atom stereocenters. The zero-order chi connectivity index (χ0) is 37.1. The van der Waals surface area contributed by atoms with Crippen LogP contribution < -0.4 is 0 Å². The molecule has 2 saturated heterocycles. The van der Waals surface area contributed by atoms with Crippen LogP contribution in [0.1, 0.15) is 133 Å². The average molecular weight is 961 g/mol. The van der Waals surface area contributed by atoms with Crippen molar-refractivity contribution < 1.29 is 53.7 Å². The molecule has 0 amide bonds. The van der Waals surface area contributed by atoms with Crippen molar-refractivity contribution in [3.05, 3.63) is 76.1 Å². The second-order valence-corrected chi connectivity index (χ2v) is 16.4. The standard InChI is InChI=1S/C19H24BrFO3.C13H14BrFO.C6H11O2.CH4.BrH.Zn/c1-18(2,3)24-17(22)16(20)14-10-12(21)4-5-13(14)15-6-7-19(8-9-19)11-23-15;14-11-7-9(15)1-2-10(11)12-3-4-13(5-6-13)8-16-12;1-3-4-5-8-6(2)7;;;/h4-5,10,15-16H,6-9,11H2,1-3H3;1-2,7,12H,3-6,8H2;2-5H2,1H3;1H4;1H;/q;;-1;;;+2/p-1. The number of hydrogen-bond donors (Lipinski definition) is 0. The van der Waals surface area contributed by atoms with Gasteiger partial charge < -0.3 is 18.9 Å². The van der Waals surface area contributed by atoms with Gasteiger partial charge >= 0.3 is 35.9 Å². The topological polar surface area (TPSA) is 71.1 Å². The summed E-state index contributed by atoms with van der Waals surface area (Å²) >= 11 is 11.1. The van der Waals surface area contributed by atoms with E-state index in [9.17, 15) is 18.4 Å². The Morgan fingerprint density at radius 1 is 0.922 bits per heavy atom. The molecular weight excluding hydrogens is 908 g/mol. The SMILES string of the molecule is C.CC(C)(C)OC(=O)C(Br)c1cc(F)ccc1C1CCC2(CC2)CO1.Fc1ccc(C2CCC3(CC3)CO2)c(Br)c1.[CH2-]C(=O)OCCCC.[Zn+][Br]. The Balaban J connectivity index is 0.000000288. The Bertz CT molecular complexity index is 1390. The van der Waals surface area contributed by atoms with Gasteiger partial charge in [-0.25, -0.2) is 8.78 Å². The molecule has 282 valence electrons. The molecule has 2 saturated carbocycles. The predicted molar refractivity (Wildman–Crippen MR) is 204 cm³/mol. The van der Waals surface area contributed by atoms with Crippen molar-refractivity contribution in [1.82, 2.24) is 0 Å². The molecule has 2 aliphatic heterocycles. The van der Waals surface area contributed by atoms with E-state index in [2.05, 4.69) is 57.1 Å². The van der Waals surface area contributed by atoms with Crippen LogP contribution >= 0.6 is 45.5 Å². The van der Waals surface area contributed by atoms with E-state index in [-0.39, 0.29) is 31.3 Å². The van der Waals surface area contributed by atoms with E-state index in [1.54, 1.807) is 6.07 Å². The minimum atomic E-state index is -0.706. The Morgan fingerprint density at radius 3 is 1.82 bits per heavy atom. The van der Waals surface area contributed by atoms with E-state index in [1.165, 1.54) is 72.7 Å². The molecule has 51 heavy (non-hydrogen) atoms. The normalized spacial score (nSPS) is 21.2. The first kappa shape index (κ1) is 46.2.